The van der Waals surface area contributed by atoms with Crippen LogP contribution in [-0.2, 0) is 0 Å². The van der Waals surface area contributed by atoms with Crippen molar-refractivity contribution in [2.24, 2.45) is 5.73 Å². The number of nitrogens with two attached hydrogens (primary N) is 1. The zero-order valence-corrected chi connectivity index (χ0v) is 8.25. The molecule has 74 valence electrons. The molecule has 1 aromatic carbocycles. The van der Waals surface area contributed by atoms with Gasteiger partial charge < -0.3 is 27.6 Å². The smallest absolute Gasteiger partial charge is 0.119 e. The Labute approximate surface area is 84.2 Å². The van der Waals surface area contributed by atoms with E-state index in [0.29, 0.717) is 13.2 Å². The minimum Gasteiger partial charge on any atom is -1.00 e. The molecule has 0 saturated carbocycles. The van der Waals surface area contributed by atoms with Gasteiger partial charge in [-0.15, -0.1) is 0 Å². The molecular formula is C9H13ClNO2-. The van der Waals surface area contributed by atoms with Gasteiger partial charge in [-0.05, 0) is 24.3 Å². The van der Waals surface area contributed by atoms with Crippen molar-refractivity contribution in [3.63, 3.8) is 0 Å². The predicted octanol–water partition coefficient (Wildman–Crippen LogP) is -1.96. The SMILES string of the molecule is COc1ccc(OCCN)cc1.[Cl-]. The highest BCUT2D eigenvalue weighted by molar-refractivity contribution is 5.31. The zero-order valence-electron chi connectivity index (χ0n) is 7.50. The number of ether oxygens (including phenoxy) is 2. The zero-order chi connectivity index (χ0) is 8.81. The van der Waals surface area contributed by atoms with Crippen LogP contribution in [0.2, 0.25) is 0 Å². The summed E-state index contributed by atoms with van der Waals surface area (Å²) in [4.78, 5) is 0. The molecular weight excluding hydrogens is 190 g/mol. The molecule has 0 aliphatic heterocycles. The Kier molecular flexibility index (Phi) is 6.10. The van der Waals surface area contributed by atoms with Gasteiger partial charge >= 0.3 is 0 Å². The standard InChI is InChI=1S/C9H13NO2.ClH/c1-11-8-2-4-9(5-3-8)12-7-6-10;/h2-5H,6-7,10H2,1H3;1H/p-1. The predicted molar refractivity (Wildman–Crippen MR) is 47.5 cm³/mol. The van der Waals surface area contributed by atoms with E-state index in [1.54, 1.807) is 7.11 Å². The summed E-state index contributed by atoms with van der Waals surface area (Å²) in [7, 11) is 1.63. The molecule has 0 amide bonds. The lowest BCUT2D eigenvalue weighted by Gasteiger charge is -2.04. The van der Waals surface area contributed by atoms with Gasteiger partial charge in [0.2, 0.25) is 0 Å². The molecule has 0 fully saturated rings. The van der Waals surface area contributed by atoms with Gasteiger partial charge in [-0.2, -0.15) is 0 Å². The maximum Gasteiger partial charge on any atom is 0.119 e. The molecule has 13 heavy (non-hydrogen) atoms. The second kappa shape index (κ2) is 6.57. The summed E-state index contributed by atoms with van der Waals surface area (Å²) in [6.07, 6.45) is 0. The highest BCUT2D eigenvalue weighted by atomic mass is 35.5. The molecule has 4 heteroatoms. The lowest BCUT2D eigenvalue weighted by Crippen LogP contribution is -3.00. The van der Waals surface area contributed by atoms with Crippen LogP contribution in [0.5, 0.6) is 11.5 Å². The topological polar surface area (TPSA) is 44.5 Å². The molecule has 0 unspecified atom stereocenters. The van der Waals surface area contributed by atoms with Crippen molar-refractivity contribution in [2.45, 2.75) is 0 Å². The Bertz CT molecular complexity index is 226. The van der Waals surface area contributed by atoms with Crippen molar-refractivity contribution in [1.82, 2.24) is 0 Å². The van der Waals surface area contributed by atoms with Crippen molar-refractivity contribution in [3.05, 3.63) is 24.3 Å². The fourth-order valence-electron chi connectivity index (χ4n) is 0.849. The molecule has 2 N–H and O–H groups in total. The lowest BCUT2D eigenvalue weighted by molar-refractivity contribution is -0.00000329. The van der Waals surface area contributed by atoms with Crippen LogP contribution >= 0.6 is 0 Å². The summed E-state index contributed by atoms with van der Waals surface area (Å²) in [5, 5.41) is 0. The minimum atomic E-state index is 0. The van der Waals surface area contributed by atoms with Crippen LogP contribution in [0.3, 0.4) is 0 Å². The van der Waals surface area contributed by atoms with Crippen LogP contribution < -0.4 is 27.6 Å². The van der Waals surface area contributed by atoms with E-state index in [2.05, 4.69) is 0 Å². The van der Waals surface area contributed by atoms with E-state index in [1.807, 2.05) is 24.3 Å². The molecule has 1 aromatic rings. The number of hydrogen-bond acceptors (Lipinski definition) is 3. The Morgan fingerprint density at radius 3 is 2.15 bits per heavy atom. The second-order valence-electron chi connectivity index (χ2n) is 2.31. The van der Waals surface area contributed by atoms with Crippen LogP contribution in [0, 0.1) is 0 Å². The maximum atomic E-state index is 5.28. The first-order valence-corrected chi connectivity index (χ1v) is 3.83. The number of benzene rings is 1. The van der Waals surface area contributed by atoms with Crippen molar-refractivity contribution in [3.8, 4) is 11.5 Å². The summed E-state index contributed by atoms with van der Waals surface area (Å²) in [6, 6.07) is 7.42. The summed E-state index contributed by atoms with van der Waals surface area (Å²) >= 11 is 0. The Balaban J connectivity index is 0.00000144. The van der Waals surface area contributed by atoms with Crippen LogP contribution in [0.4, 0.5) is 0 Å². The molecule has 0 saturated heterocycles. The monoisotopic (exact) mass is 202 g/mol. The Hall–Kier alpha value is -0.930. The normalized spacial score (nSPS) is 8.77. The number of halogens is 1. The van der Waals surface area contributed by atoms with E-state index < -0.39 is 0 Å². The first-order valence-electron chi connectivity index (χ1n) is 3.83. The van der Waals surface area contributed by atoms with Gasteiger partial charge in [0.25, 0.3) is 0 Å². The molecule has 0 aliphatic carbocycles. The minimum absolute atomic E-state index is 0. The number of hydrogen-bond donors (Lipinski definition) is 1. The number of rotatable bonds is 4. The summed E-state index contributed by atoms with van der Waals surface area (Å²) < 4.78 is 10.3. The third kappa shape index (κ3) is 4.01. The third-order valence-electron chi connectivity index (χ3n) is 1.45. The third-order valence-corrected chi connectivity index (χ3v) is 1.45. The van der Waals surface area contributed by atoms with Gasteiger partial charge in [-0.25, -0.2) is 0 Å². The molecule has 0 heterocycles. The van der Waals surface area contributed by atoms with E-state index in [-0.39, 0.29) is 12.4 Å². The molecule has 0 aromatic heterocycles. The molecule has 0 radical (unpaired) electrons. The summed E-state index contributed by atoms with van der Waals surface area (Å²) in [6.45, 7) is 1.08. The number of methoxy groups -OCH3 is 1. The van der Waals surface area contributed by atoms with Gasteiger partial charge in [0.05, 0.1) is 7.11 Å². The first kappa shape index (κ1) is 12.1. The molecule has 1 rings (SSSR count). The van der Waals surface area contributed by atoms with E-state index in [9.17, 15) is 0 Å². The molecule has 3 nitrogen and oxygen atoms in total. The van der Waals surface area contributed by atoms with Crippen LogP contribution in [0.15, 0.2) is 24.3 Å². The lowest BCUT2D eigenvalue weighted by atomic mass is 10.3. The van der Waals surface area contributed by atoms with E-state index >= 15 is 0 Å². The summed E-state index contributed by atoms with van der Waals surface area (Å²) in [5.41, 5.74) is 5.28. The van der Waals surface area contributed by atoms with Crippen LogP contribution in [0.1, 0.15) is 0 Å². The van der Waals surface area contributed by atoms with Crippen LogP contribution in [-0.4, -0.2) is 20.3 Å². The van der Waals surface area contributed by atoms with Crippen LogP contribution in [0.25, 0.3) is 0 Å². The Morgan fingerprint density at radius 2 is 1.69 bits per heavy atom. The van der Waals surface area contributed by atoms with Gasteiger partial charge in [0.15, 0.2) is 0 Å². The Morgan fingerprint density at radius 1 is 1.15 bits per heavy atom. The fraction of sp³-hybridized carbons (Fsp3) is 0.333. The van der Waals surface area contributed by atoms with Crippen molar-refractivity contribution in [1.29, 1.82) is 0 Å². The first-order chi connectivity index (χ1) is 5.86. The molecule has 0 atom stereocenters. The average molecular weight is 203 g/mol. The van der Waals surface area contributed by atoms with Crippen molar-refractivity contribution < 1.29 is 21.9 Å². The van der Waals surface area contributed by atoms with Gasteiger partial charge in [0, 0.05) is 6.54 Å². The molecule has 0 spiro atoms. The van der Waals surface area contributed by atoms with Gasteiger partial charge in [0.1, 0.15) is 18.1 Å². The van der Waals surface area contributed by atoms with Gasteiger partial charge in [-0.3, -0.25) is 0 Å². The van der Waals surface area contributed by atoms with E-state index in [1.165, 1.54) is 0 Å². The van der Waals surface area contributed by atoms with Gasteiger partial charge in [-0.1, -0.05) is 0 Å². The summed E-state index contributed by atoms with van der Waals surface area (Å²) in [5.74, 6) is 1.65. The molecule has 0 bridgehead atoms. The van der Waals surface area contributed by atoms with E-state index in [4.69, 9.17) is 15.2 Å². The maximum absolute atomic E-state index is 5.28. The average Bonchev–Trinajstić information content (AvgIpc) is 2.15. The highest BCUT2D eigenvalue weighted by Crippen LogP contribution is 2.16. The van der Waals surface area contributed by atoms with Crippen molar-refractivity contribution in [2.75, 3.05) is 20.3 Å². The fourth-order valence-corrected chi connectivity index (χ4v) is 0.849. The van der Waals surface area contributed by atoms with Crippen molar-refractivity contribution >= 4 is 0 Å². The van der Waals surface area contributed by atoms with E-state index in [0.717, 1.165) is 11.5 Å². The second-order valence-corrected chi connectivity index (χ2v) is 2.31. The largest absolute Gasteiger partial charge is 1.00 e. The quantitative estimate of drug-likeness (QED) is 0.617. The molecule has 0 aliphatic rings. The highest BCUT2D eigenvalue weighted by Gasteiger charge is 1.92.